The molecular formula is C8H13I. The van der Waals surface area contributed by atoms with Gasteiger partial charge in [-0.25, -0.2) is 0 Å². The van der Waals surface area contributed by atoms with E-state index in [1.54, 1.807) is 0 Å². The molecule has 2 saturated carbocycles. The number of rotatable bonds is 0. The first-order valence-corrected chi connectivity index (χ1v) is 4.89. The van der Waals surface area contributed by atoms with Crippen LogP contribution in [0.25, 0.3) is 0 Å². The Bertz CT molecular complexity index is 116. The molecule has 0 aromatic heterocycles. The molecule has 1 heteroatoms. The zero-order valence-electron chi connectivity index (χ0n) is 5.91. The Labute approximate surface area is 70.5 Å². The Hall–Kier alpha value is 0.730. The van der Waals surface area contributed by atoms with E-state index in [0.717, 1.165) is 8.84 Å². The van der Waals surface area contributed by atoms with Crippen molar-refractivity contribution in [3.63, 3.8) is 0 Å². The largest absolute Gasteiger partial charge is 0.0789 e. The molecule has 2 rings (SSSR count). The number of hydrogen-bond donors (Lipinski definition) is 0. The van der Waals surface area contributed by atoms with E-state index in [1.165, 1.54) is 32.1 Å². The summed E-state index contributed by atoms with van der Waals surface area (Å²) in [7, 11) is 0. The van der Waals surface area contributed by atoms with Gasteiger partial charge in [0.15, 0.2) is 0 Å². The predicted octanol–water partition coefficient (Wildman–Crippen LogP) is 3.14. The van der Waals surface area contributed by atoms with E-state index in [4.69, 9.17) is 0 Å². The number of alkyl halides is 1. The Morgan fingerprint density at radius 2 is 1.67 bits per heavy atom. The fourth-order valence-corrected chi connectivity index (χ4v) is 3.88. The molecule has 2 aliphatic rings. The quantitative estimate of drug-likeness (QED) is 0.447. The van der Waals surface area contributed by atoms with Gasteiger partial charge >= 0.3 is 0 Å². The zero-order chi connectivity index (χ0) is 6.54. The molecule has 0 aromatic carbocycles. The van der Waals surface area contributed by atoms with Crippen LogP contribution < -0.4 is 0 Å². The van der Waals surface area contributed by atoms with Gasteiger partial charge in [0.1, 0.15) is 0 Å². The highest BCUT2D eigenvalue weighted by atomic mass is 127. The molecule has 0 unspecified atom stereocenters. The third-order valence-electron chi connectivity index (χ3n) is 3.10. The smallest absolute Gasteiger partial charge is 0.0228 e. The maximum atomic E-state index is 2.68. The van der Waals surface area contributed by atoms with E-state index in [0.29, 0.717) is 0 Å². The van der Waals surface area contributed by atoms with Gasteiger partial charge in [0.05, 0.1) is 0 Å². The van der Waals surface area contributed by atoms with Gasteiger partial charge in [-0.2, -0.15) is 0 Å². The lowest BCUT2D eigenvalue weighted by molar-refractivity contribution is 0.334. The number of fused-ring (bicyclic) bond motifs is 2. The summed E-state index contributed by atoms with van der Waals surface area (Å²) in [6.45, 7) is 2.46. The highest BCUT2D eigenvalue weighted by molar-refractivity contribution is 14.1. The van der Waals surface area contributed by atoms with Crippen LogP contribution in [0.5, 0.6) is 0 Å². The van der Waals surface area contributed by atoms with Crippen LogP contribution in [0.15, 0.2) is 0 Å². The maximum absolute atomic E-state index is 2.68. The lowest BCUT2D eigenvalue weighted by atomic mass is 9.87. The minimum Gasteiger partial charge on any atom is -0.0789 e. The van der Waals surface area contributed by atoms with E-state index >= 15 is 0 Å². The summed E-state index contributed by atoms with van der Waals surface area (Å²) in [6, 6.07) is 0. The van der Waals surface area contributed by atoms with Crippen molar-refractivity contribution in [2.75, 3.05) is 0 Å². The maximum Gasteiger partial charge on any atom is 0.0228 e. The molecular weight excluding hydrogens is 223 g/mol. The van der Waals surface area contributed by atoms with Gasteiger partial charge in [0.25, 0.3) is 0 Å². The topological polar surface area (TPSA) is 0 Å². The molecule has 0 radical (unpaired) electrons. The van der Waals surface area contributed by atoms with Crippen molar-refractivity contribution in [2.45, 2.75) is 42.4 Å². The Morgan fingerprint density at radius 1 is 1.11 bits per heavy atom. The van der Waals surface area contributed by atoms with E-state index in [-0.39, 0.29) is 0 Å². The SMILES string of the molecule is CC12CCC(I)(CC1)C2. The molecule has 52 valence electrons. The highest BCUT2D eigenvalue weighted by Gasteiger charge is 2.49. The monoisotopic (exact) mass is 236 g/mol. The molecule has 0 amide bonds. The van der Waals surface area contributed by atoms with Crippen molar-refractivity contribution in [3.8, 4) is 0 Å². The highest BCUT2D eigenvalue weighted by Crippen LogP contribution is 2.60. The van der Waals surface area contributed by atoms with Crippen LogP contribution in [0.2, 0.25) is 0 Å². The van der Waals surface area contributed by atoms with Gasteiger partial charge in [-0.3, -0.25) is 0 Å². The summed E-state index contributed by atoms with van der Waals surface area (Å²) >= 11 is 2.68. The molecule has 0 saturated heterocycles. The average molecular weight is 236 g/mol. The Kier molecular flexibility index (Phi) is 1.19. The van der Waals surface area contributed by atoms with Gasteiger partial charge in [0, 0.05) is 3.42 Å². The first kappa shape index (κ1) is 6.44. The summed E-state index contributed by atoms with van der Waals surface area (Å²) in [4.78, 5) is 0. The van der Waals surface area contributed by atoms with Gasteiger partial charge < -0.3 is 0 Å². The predicted molar refractivity (Wildman–Crippen MR) is 47.9 cm³/mol. The van der Waals surface area contributed by atoms with Crippen LogP contribution in [0.3, 0.4) is 0 Å². The van der Waals surface area contributed by atoms with Gasteiger partial charge in [-0.15, -0.1) is 0 Å². The second-order valence-corrected chi connectivity index (χ2v) is 6.43. The van der Waals surface area contributed by atoms with E-state index in [9.17, 15) is 0 Å². The number of halogens is 1. The second kappa shape index (κ2) is 1.66. The van der Waals surface area contributed by atoms with Gasteiger partial charge in [-0.05, 0) is 37.5 Å². The molecule has 0 nitrogen and oxygen atoms in total. The second-order valence-electron chi connectivity index (χ2n) is 4.14. The standard InChI is InChI=1S/C8H13I/c1-7-2-4-8(9,6-7)5-3-7/h2-6H2,1H3. The van der Waals surface area contributed by atoms with E-state index in [1.807, 2.05) is 0 Å². The normalized spacial score (nSPS) is 56.7. The minimum absolute atomic E-state index is 0.743. The molecule has 9 heavy (non-hydrogen) atoms. The van der Waals surface area contributed by atoms with Crippen LogP contribution in [0, 0.1) is 5.41 Å². The van der Waals surface area contributed by atoms with Crippen LogP contribution in [-0.4, -0.2) is 3.42 Å². The van der Waals surface area contributed by atoms with Crippen molar-refractivity contribution >= 4 is 22.6 Å². The molecule has 0 N–H and O–H groups in total. The summed E-state index contributed by atoms with van der Waals surface area (Å²) in [5.41, 5.74) is 0.765. The van der Waals surface area contributed by atoms with Crippen molar-refractivity contribution in [2.24, 2.45) is 5.41 Å². The van der Waals surface area contributed by atoms with Crippen LogP contribution in [-0.2, 0) is 0 Å². The minimum atomic E-state index is 0.743. The summed E-state index contributed by atoms with van der Waals surface area (Å²) in [5, 5.41) is 0. The Balaban J connectivity index is 2.25. The number of hydrogen-bond acceptors (Lipinski definition) is 0. The summed E-state index contributed by atoms with van der Waals surface area (Å²) < 4.78 is 0.743. The summed E-state index contributed by atoms with van der Waals surface area (Å²) in [5.74, 6) is 0. The fourth-order valence-electron chi connectivity index (χ4n) is 2.42. The van der Waals surface area contributed by atoms with Crippen LogP contribution >= 0.6 is 22.6 Å². The van der Waals surface area contributed by atoms with Crippen molar-refractivity contribution < 1.29 is 0 Å². The Morgan fingerprint density at radius 3 is 1.78 bits per heavy atom. The molecule has 0 aliphatic heterocycles. The van der Waals surface area contributed by atoms with Crippen LogP contribution in [0.4, 0.5) is 0 Å². The zero-order valence-corrected chi connectivity index (χ0v) is 8.07. The fraction of sp³-hybridized carbons (Fsp3) is 1.00. The lowest BCUT2D eigenvalue weighted by Gasteiger charge is -2.20. The van der Waals surface area contributed by atoms with Gasteiger partial charge in [-0.1, -0.05) is 29.5 Å². The molecule has 2 fully saturated rings. The first-order chi connectivity index (χ1) is 4.12. The summed E-state index contributed by atoms with van der Waals surface area (Å²) in [6.07, 6.45) is 7.47. The van der Waals surface area contributed by atoms with Crippen molar-refractivity contribution in [1.29, 1.82) is 0 Å². The molecule has 0 atom stereocenters. The van der Waals surface area contributed by atoms with Gasteiger partial charge in [0.2, 0.25) is 0 Å². The first-order valence-electron chi connectivity index (χ1n) is 3.81. The van der Waals surface area contributed by atoms with Crippen LogP contribution in [0.1, 0.15) is 39.0 Å². The molecule has 0 aromatic rings. The lowest BCUT2D eigenvalue weighted by Crippen LogP contribution is -2.11. The molecule has 0 spiro atoms. The molecule has 2 bridgehead atoms. The third kappa shape index (κ3) is 0.920. The van der Waals surface area contributed by atoms with Crippen molar-refractivity contribution in [3.05, 3.63) is 0 Å². The van der Waals surface area contributed by atoms with E-state index < -0.39 is 0 Å². The van der Waals surface area contributed by atoms with Crippen molar-refractivity contribution in [1.82, 2.24) is 0 Å². The molecule has 2 aliphatic carbocycles. The average Bonchev–Trinajstić information content (AvgIpc) is 2.19. The third-order valence-corrected chi connectivity index (χ3v) is 4.56. The molecule has 0 heterocycles. The van der Waals surface area contributed by atoms with E-state index in [2.05, 4.69) is 29.5 Å².